The van der Waals surface area contributed by atoms with E-state index in [2.05, 4.69) is 10.6 Å². The fraction of sp³-hybridized carbons (Fsp3) is 0.556. The van der Waals surface area contributed by atoms with E-state index in [0.717, 1.165) is 17.5 Å². The number of aryl methyl sites for hydroxylation is 1. The zero-order valence-electron chi connectivity index (χ0n) is 28.7. The summed E-state index contributed by atoms with van der Waals surface area (Å²) < 4.78 is 11.2. The number of benzene rings is 2. The van der Waals surface area contributed by atoms with Crippen LogP contribution in [0.3, 0.4) is 0 Å². The number of hydrogen-bond donors (Lipinski definition) is 2. The Bertz CT molecular complexity index is 1260. The maximum Gasteiger partial charge on any atom is 0.408 e. The van der Waals surface area contributed by atoms with Crippen molar-refractivity contribution in [2.75, 3.05) is 6.54 Å². The molecule has 45 heavy (non-hydrogen) atoms. The number of amides is 3. The minimum absolute atomic E-state index is 0.208. The van der Waals surface area contributed by atoms with Crippen molar-refractivity contribution in [3.8, 4) is 0 Å². The van der Waals surface area contributed by atoms with Gasteiger partial charge < -0.3 is 25.0 Å². The van der Waals surface area contributed by atoms with Crippen LogP contribution in [0.25, 0.3) is 0 Å². The van der Waals surface area contributed by atoms with Gasteiger partial charge in [0.2, 0.25) is 11.8 Å². The van der Waals surface area contributed by atoms with Crippen molar-refractivity contribution in [2.24, 2.45) is 5.92 Å². The van der Waals surface area contributed by atoms with Gasteiger partial charge in [-0.2, -0.15) is 0 Å². The number of alkyl carbamates (subject to hydrolysis) is 1. The zero-order chi connectivity index (χ0) is 33.9. The molecular weight excluding hydrogens is 570 g/mol. The molecule has 2 rings (SSSR count). The van der Waals surface area contributed by atoms with E-state index in [1.165, 1.54) is 4.90 Å². The molecule has 9 nitrogen and oxygen atoms in total. The number of rotatable bonds is 13. The monoisotopic (exact) mass is 623 g/mol. The Morgan fingerprint density at radius 1 is 0.778 bits per heavy atom. The van der Waals surface area contributed by atoms with Crippen molar-refractivity contribution < 1.29 is 28.7 Å². The lowest BCUT2D eigenvalue weighted by Crippen LogP contribution is -2.56. The number of carbonyl (C=O) groups excluding carboxylic acids is 4. The fourth-order valence-corrected chi connectivity index (χ4v) is 4.81. The summed E-state index contributed by atoms with van der Waals surface area (Å²) in [5, 5.41) is 5.66. The zero-order valence-corrected chi connectivity index (χ0v) is 28.7. The first-order chi connectivity index (χ1) is 21.0. The van der Waals surface area contributed by atoms with Gasteiger partial charge >= 0.3 is 12.1 Å². The highest BCUT2D eigenvalue weighted by atomic mass is 16.6. The Hall–Kier alpha value is -3.88. The second-order valence-electron chi connectivity index (χ2n) is 13.7. The average molecular weight is 624 g/mol. The summed E-state index contributed by atoms with van der Waals surface area (Å²) in [4.78, 5) is 56.4. The van der Waals surface area contributed by atoms with Gasteiger partial charge in [-0.15, -0.1) is 0 Å². The molecule has 0 aliphatic carbocycles. The quantitative estimate of drug-likeness (QED) is 0.259. The number of carbonyl (C=O) groups is 4. The van der Waals surface area contributed by atoms with Gasteiger partial charge in [-0.05, 0) is 77.0 Å². The van der Waals surface area contributed by atoms with Crippen LogP contribution >= 0.6 is 0 Å². The molecule has 2 aromatic rings. The van der Waals surface area contributed by atoms with Crippen LogP contribution in [-0.2, 0) is 36.7 Å². The molecule has 0 radical (unpaired) electrons. The van der Waals surface area contributed by atoms with Crippen LogP contribution in [0, 0.1) is 5.92 Å². The molecule has 0 saturated heterocycles. The van der Waals surface area contributed by atoms with Crippen LogP contribution in [0.1, 0.15) is 98.4 Å². The molecule has 0 aliphatic rings. The normalized spacial score (nSPS) is 13.8. The van der Waals surface area contributed by atoms with E-state index in [4.69, 9.17) is 9.47 Å². The first-order valence-electron chi connectivity index (χ1n) is 15.9. The number of nitrogens with one attached hydrogen (secondary N) is 2. The molecule has 0 spiro atoms. The Morgan fingerprint density at radius 2 is 1.36 bits per heavy atom. The lowest BCUT2D eigenvalue weighted by molar-refractivity contribution is -0.159. The molecule has 9 heteroatoms. The van der Waals surface area contributed by atoms with Crippen LogP contribution in [0.15, 0.2) is 54.6 Å². The maximum absolute atomic E-state index is 14.4. The summed E-state index contributed by atoms with van der Waals surface area (Å²) in [5.74, 6) is -1.81. The molecule has 0 aliphatic heterocycles. The number of nitrogens with zero attached hydrogens (tertiary/aromatic N) is 1. The van der Waals surface area contributed by atoms with Crippen LogP contribution in [0.2, 0.25) is 0 Å². The molecule has 0 aromatic heterocycles. The summed E-state index contributed by atoms with van der Waals surface area (Å²) in [6, 6.07) is 13.9. The van der Waals surface area contributed by atoms with E-state index >= 15 is 0 Å². The van der Waals surface area contributed by atoms with Gasteiger partial charge in [0, 0.05) is 13.0 Å². The van der Waals surface area contributed by atoms with E-state index < -0.39 is 53.2 Å². The minimum Gasteiger partial charge on any atom is -0.458 e. The van der Waals surface area contributed by atoms with Crippen molar-refractivity contribution >= 4 is 23.9 Å². The van der Waals surface area contributed by atoms with Gasteiger partial charge in [0.15, 0.2) is 0 Å². The fourth-order valence-electron chi connectivity index (χ4n) is 4.81. The van der Waals surface area contributed by atoms with Gasteiger partial charge in [-0.1, -0.05) is 82.3 Å². The third-order valence-corrected chi connectivity index (χ3v) is 6.91. The largest absolute Gasteiger partial charge is 0.458 e. The molecule has 3 amide bonds. The summed E-state index contributed by atoms with van der Waals surface area (Å²) in [5.41, 5.74) is 0.994. The summed E-state index contributed by atoms with van der Waals surface area (Å²) in [6.45, 7) is 18.4. The number of ether oxygens (including phenoxy) is 2. The Morgan fingerprint density at radius 3 is 1.84 bits per heavy atom. The molecule has 0 bridgehead atoms. The van der Waals surface area contributed by atoms with Gasteiger partial charge in [0.05, 0.1) is 0 Å². The SMILES string of the molecule is CCCN(C(=O)C(NC(=O)OC(C)(C)C)C(C)C)C(C(=O)NC(Cc1ccccc1)C(=O)OC(C)(C)C)c1ccc(CC)cc1. The predicted octanol–water partition coefficient (Wildman–Crippen LogP) is 6.15. The van der Waals surface area contributed by atoms with E-state index in [1.54, 1.807) is 41.5 Å². The van der Waals surface area contributed by atoms with Gasteiger partial charge in [-0.3, -0.25) is 9.59 Å². The summed E-state index contributed by atoms with van der Waals surface area (Å²) >= 11 is 0. The van der Waals surface area contributed by atoms with Crippen molar-refractivity contribution in [3.05, 3.63) is 71.3 Å². The first kappa shape index (κ1) is 37.3. The third-order valence-electron chi connectivity index (χ3n) is 6.91. The van der Waals surface area contributed by atoms with Crippen molar-refractivity contribution in [1.82, 2.24) is 15.5 Å². The second-order valence-corrected chi connectivity index (χ2v) is 13.7. The highest BCUT2D eigenvalue weighted by Gasteiger charge is 2.39. The molecule has 0 saturated carbocycles. The molecule has 2 aromatic carbocycles. The summed E-state index contributed by atoms with van der Waals surface area (Å²) in [7, 11) is 0. The average Bonchev–Trinajstić information content (AvgIpc) is 2.94. The molecular formula is C36H53N3O6. The summed E-state index contributed by atoms with van der Waals surface area (Å²) in [6.07, 6.45) is 0.854. The standard InChI is InChI=1S/C36H53N3O6/c1-11-22-39(32(41)29(24(3)4)38-34(43)45-36(8,9)10)30(27-20-18-25(12-2)19-21-27)31(40)37-28(33(42)44-35(5,6)7)23-26-16-14-13-15-17-26/h13-21,24,28-30H,11-12,22-23H2,1-10H3,(H,37,40)(H,38,43). The van der Waals surface area contributed by atoms with Gasteiger partial charge in [-0.25, -0.2) is 9.59 Å². The third kappa shape index (κ3) is 12.2. The topological polar surface area (TPSA) is 114 Å². The van der Waals surface area contributed by atoms with E-state index in [9.17, 15) is 19.2 Å². The van der Waals surface area contributed by atoms with Crippen molar-refractivity contribution in [2.45, 2.75) is 118 Å². The highest BCUT2D eigenvalue weighted by molar-refractivity contribution is 5.94. The minimum atomic E-state index is -1.08. The molecule has 248 valence electrons. The van der Waals surface area contributed by atoms with Crippen LogP contribution < -0.4 is 10.6 Å². The molecule has 3 unspecified atom stereocenters. The van der Waals surface area contributed by atoms with Gasteiger partial charge in [0.1, 0.15) is 29.3 Å². The van der Waals surface area contributed by atoms with E-state index in [-0.39, 0.29) is 18.9 Å². The van der Waals surface area contributed by atoms with Crippen molar-refractivity contribution in [1.29, 1.82) is 0 Å². The molecule has 3 atom stereocenters. The number of esters is 1. The number of hydrogen-bond acceptors (Lipinski definition) is 6. The predicted molar refractivity (Wildman–Crippen MR) is 176 cm³/mol. The van der Waals surface area contributed by atoms with Crippen LogP contribution in [0.4, 0.5) is 4.79 Å². The Labute approximate surface area is 269 Å². The van der Waals surface area contributed by atoms with Crippen molar-refractivity contribution in [3.63, 3.8) is 0 Å². The van der Waals surface area contributed by atoms with E-state index in [1.807, 2.05) is 82.3 Å². The Kier molecular flexibility index (Phi) is 13.6. The highest BCUT2D eigenvalue weighted by Crippen LogP contribution is 2.26. The Balaban J connectivity index is 2.57. The maximum atomic E-state index is 14.4. The first-order valence-corrected chi connectivity index (χ1v) is 15.9. The van der Waals surface area contributed by atoms with Crippen LogP contribution in [-0.4, -0.2) is 58.6 Å². The molecule has 2 N–H and O–H groups in total. The lowest BCUT2D eigenvalue weighted by atomic mass is 9.97. The second kappa shape index (κ2) is 16.4. The molecule has 0 heterocycles. The van der Waals surface area contributed by atoms with Gasteiger partial charge in [0.25, 0.3) is 0 Å². The van der Waals surface area contributed by atoms with E-state index in [0.29, 0.717) is 12.0 Å². The smallest absolute Gasteiger partial charge is 0.408 e. The lowest BCUT2D eigenvalue weighted by Gasteiger charge is -2.36. The van der Waals surface area contributed by atoms with Crippen LogP contribution in [0.5, 0.6) is 0 Å². The molecule has 0 fully saturated rings.